The summed E-state index contributed by atoms with van der Waals surface area (Å²) in [5.74, 6) is -0.286. The third-order valence-electron chi connectivity index (χ3n) is 4.24. The predicted octanol–water partition coefficient (Wildman–Crippen LogP) is 4.36. The van der Waals surface area contributed by atoms with Crippen LogP contribution in [0.4, 0.5) is 5.69 Å². The highest BCUT2D eigenvalue weighted by molar-refractivity contribution is 8.00. The topological polar surface area (TPSA) is 101 Å². The molecule has 0 aliphatic rings. The lowest BCUT2D eigenvalue weighted by Gasteiger charge is -2.14. The van der Waals surface area contributed by atoms with Gasteiger partial charge in [-0.05, 0) is 38.1 Å². The lowest BCUT2D eigenvalue weighted by atomic mass is 10.1. The Labute approximate surface area is 194 Å². The van der Waals surface area contributed by atoms with Crippen LogP contribution in [0.3, 0.4) is 0 Å². The SMILES string of the molecule is CCOC(=O)c1ccccc1NC(=O)C(C)Sc1nc(CSc2ccccc2)cc(=O)[nH]1. The van der Waals surface area contributed by atoms with Crippen LogP contribution < -0.4 is 10.9 Å². The maximum atomic E-state index is 12.7. The molecule has 0 radical (unpaired) electrons. The Morgan fingerprint density at radius 2 is 1.84 bits per heavy atom. The summed E-state index contributed by atoms with van der Waals surface area (Å²) in [4.78, 5) is 45.2. The summed E-state index contributed by atoms with van der Waals surface area (Å²) in [7, 11) is 0. The Hall–Kier alpha value is -3.04. The van der Waals surface area contributed by atoms with E-state index in [0.29, 0.717) is 22.3 Å². The zero-order chi connectivity index (χ0) is 22.9. The molecule has 1 unspecified atom stereocenters. The second kappa shape index (κ2) is 11.5. The second-order valence-corrected chi connectivity index (χ2v) is 9.04. The molecule has 1 amide bonds. The van der Waals surface area contributed by atoms with Crippen LogP contribution in [0.15, 0.2) is 75.5 Å². The van der Waals surface area contributed by atoms with Crippen molar-refractivity contribution in [3.63, 3.8) is 0 Å². The third kappa shape index (κ3) is 6.73. The quantitative estimate of drug-likeness (QED) is 0.273. The van der Waals surface area contributed by atoms with Gasteiger partial charge in [0, 0.05) is 16.7 Å². The molecule has 2 aromatic carbocycles. The summed E-state index contributed by atoms with van der Waals surface area (Å²) in [5, 5.41) is 2.56. The molecular formula is C23H23N3O4S2. The minimum absolute atomic E-state index is 0.241. The van der Waals surface area contributed by atoms with Gasteiger partial charge in [0.05, 0.1) is 28.8 Å². The van der Waals surface area contributed by atoms with Gasteiger partial charge in [0.2, 0.25) is 5.91 Å². The number of para-hydroxylation sites is 1. The molecule has 32 heavy (non-hydrogen) atoms. The zero-order valence-electron chi connectivity index (χ0n) is 17.7. The van der Waals surface area contributed by atoms with Gasteiger partial charge in [-0.3, -0.25) is 9.59 Å². The number of amides is 1. The molecule has 2 N–H and O–H groups in total. The van der Waals surface area contributed by atoms with Gasteiger partial charge in [-0.1, -0.05) is 42.1 Å². The standard InChI is InChI=1S/C23H23N3O4S2/c1-3-30-22(29)18-11-7-8-12-19(18)25-21(28)15(2)32-23-24-16(13-20(27)26-23)14-31-17-9-5-4-6-10-17/h4-13,15H,3,14H2,1-2H3,(H,25,28)(H,24,26,27). The molecule has 3 aromatic rings. The number of anilines is 1. The van der Waals surface area contributed by atoms with Crippen molar-refractivity contribution in [2.45, 2.75) is 34.9 Å². The van der Waals surface area contributed by atoms with Crippen LogP contribution in [0.2, 0.25) is 0 Å². The van der Waals surface area contributed by atoms with Gasteiger partial charge in [0.25, 0.3) is 5.56 Å². The molecule has 0 spiro atoms. The molecule has 1 aromatic heterocycles. The van der Waals surface area contributed by atoms with Gasteiger partial charge in [0.15, 0.2) is 5.16 Å². The molecule has 0 bridgehead atoms. The molecule has 9 heteroatoms. The Morgan fingerprint density at radius 1 is 1.12 bits per heavy atom. The summed E-state index contributed by atoms with van der Waals surface area (Å²) in [6.45, 7) is 3.67. The van der Waals surface area contributed by atoms with Gasteiger partial charge in [-0.25, -0.2) is 9.78 Å². The van der Waals surface area contributed by atoms with E-state index in [9.17, 15) is 14.4 Å². The lowest BCUT2D eigenvalue weighted by molar-refractivity contribution is -0.115. The van der Waals surface area contributed by atoms with Crippen molar-refractivity contribution >= 4 is 41.1 Å². The Bertz CT molecular complexity index is 1140. The molecule has 1 atom stereocenters. The summed E-state index contributed by atoms with van der Waals surface area (Å²) in [6, 6.07) is 18.0. The van der Waals surface area contributed by atoms with Crippen molar-refractivity contribution in [1.82, 2.24) is 9.97 Å². The maximum Gasteiger partial charge on any atom is 0.340 e. The third-order valence-corrected chi connectivity index (χ3v) is 6.27. The number of nitrogens with one attached hydrogen (secondary N) is 2. The normalized spacial score (nSPS) is 11.6. The number of carbonyl (C=O) groups excluding carboxylic acids is 2. The number of aromatic nitrogens is 2. The fourth-order valence-electron chi connectivity index (χ4n) is 2.72. The van der Waals surface area contributed by atoms with E-state index < -0.39 is 11.2 Å². The molecule has 3 rings (SSSR count). The lowest BCUT2D eigenvalue weighted by Crippen LogP contribution is -2.24. The Kier molecular flexibility index (Phi) is 8.52. The van der Waals surface area contributed by atoms with E-state index in [1.54, 1.807) is 49.9 Å². The minimum atomic E-state index is -0.564. The van der Waals surface area contributed by atoms with E-state index in [1.807, 2.05) is 30.3 Å². The van der Waals surface area contributed by atoms with Crippen molar-refractivity contribution < 1.29 is 14.3 Å². The van der Waals surface area contributed by atoms with Gasteiger partial charge in [-0.2, -0.15) is 0 Å². The number of thioether (sulfide) groups is 2. The first-order valence-electron chi connectivity index (χ1n) is 9.98. The molecule has 7 nitrogen and oxygen atoms in total. The second-order valence-electron chi connectivity index (χ2n) is 6.66. The first kappa shape index (κ1) is 23.6. The Morgan fingerprint density at radius 3 is 2.59 bits per heavy atom. The summed E-state index contributed by atoms with van der Waals surface area (Å²) >= 11 is 2.72. The van der Waals surface area contributed by atoms with E-state index in [-0.39, 0.29) is 23.6 Å². The highest BCUT2D eigenvalue weighted by Crippen LogP contribution is 2.24. The number of benzene rings is 2. The number of nitrogens with zero attached hydrogens (tertiary/aromatic N) is 1. The van der Waals surface area contributed by atoms with Crippen LogP contribution in [-0.2, 0) is 15.3 Å². The van der Waals surface area contributed by atoms with E-state index in [1.165, 1.54) is 6.07 Å². The number of H-pyrrole nitrogens is 1. The number of rotatable bonds is 9. The van der Waals surface area contributed by atoms with E-state index in [2.05, 4.69) is 15.3 Å². The molecule has 1 heterocycles. The van der Waals surface area contributed by atoms with Crippen molar-refractivity contribution in [3.8, 4) is 0 Å². The monoisotopic (exact) mass is 469 g/mol. The van der Waals surface area contributed by atoms with Crippen LogP contribution in [0, 0.1) is 0 Å². The smallest absolute Gasteiger partial charge is 0.340 e. The van der Waals surface area contributed by atoms with Crippen LogP contribution in [0.1, 0.15) is 29.9 Å². The zero-order valence-corrected chi connectivity index (χ0v) is 19.3. The number of ether oxygens (including phenoxy) is 1. The van der Waals surface area contributed by atoms with Gasteiger partial charge >= 0.3 is 5.97 Å². The summed E-state index contributed by atoms with van der Waals surface area (Å²) in [5.41, 5.74) is 1.01. The minimum Gasteiger partial charge on any atom is -0.462 e. The average Bonchev–Trinajstić information content (AvgIpc) is 2.78. The number of carbonyl (C=O) groups is 2. The van der Waals surface area contributed by atoms with Crippen molar-refractivity contribution in [1.29, 1.82) is 0 Å². The first-order chi connectivity index (χ1) is 15.5. The van der Waals surface area contributed by atoms with Crippen molar-refractivity contribution in [2.75, 3.05) is 11.9 Å². The van der Waals surface area contributed by atoms with Crippen LogP contribution in [0.25, 0.3) is 0 Å². The van der Waals surface area contributed by atoms with Crippen molar-refractivity contribution in [2.24, 2.45) is 0 Å². The number of esters is 1. The molecule has 0 aliphatic heterocycles. The predicted molar refractivity (Wildman–Crippen MR) is 127 cm³/mol. The summed E-state index contributed by atoms with van der Waals surface area (Å²) in [6.07, 6.45) is 0. The number of hydrogen-bond acceptors (Lipinski definition) is 7. The molecule has 0 fully saturated rings. The van der Waals surface area contributed by atoms with Crippen LogP contribution >= 0.6 is 23.5 Å². The molecule has 166 valence electrons. The summed E-state index contributed by atoms with van der Waals surface area (Å²) < 4.78 is 5.04. The van der Waals surface area contributed by atoms with Gasteiger partial charge < -0.3 is 15.0 Å². The highest BCUT2D eigenvalue weighted by Gasteiger charge is 2.19. The van der Waals surface area contributed by atoms with E-state index in [0.717, 1.165) is 16.7 Å². The molecular weight excluding hydrogens is 446 g/mol. The average molecular weight is 470 g/mol. The highest BCUT2D eigenvalue weighted by atomic mass is 32.2. The molecule has 0 saturated carbocycles. The number of hydrogen-bond donors (Lipinski definition) is 2. The maximum absolute atomic E-state index is 12.7. The first-order valence-corrected chi connectivity index (χ1v) is 11.8. The fraction of sp³-hybridized carbons (Fsp3) is 0.217. The van der Waals surface area contributed by atoms with Gasteiger partial charge in [-0.15, -0.1) is 11.8 Å². The van der Waals surface area contributed by atoms with E-state index in [4.69, 9.17) is 4.74 Å². The molecule has 0 saturated heterocycles. The van der Waals surface area contributed by atoms with Crippen LogP contribution in [-0.4, -0.2) is 33.7 Å². The number of aromatic amines is 1. The van der Waals surface area contributed by atoms with Crippen molar-refractivity contribution in [3.05, 3.63) is 82.3 Å². The van der Waals surface area contributed by atoms with Gasteiger partial charge in [0.1, 0.15) is 0 Å². The largest absolute Gasteiger partial charge is 0.462 e. The van der Waals surface area contributed by atoms with E-state index >= 15 is 0 Å². The Balaban J connectivity index is 1.66. The fourth-order valence-corrected chi connectivity index (χ4v) is 4.36. The molecule has 0 aliphatic carbocycles. The van der Waals surface area contributed by atoms with Crippen LogP contribution in [0.5, 0.6) is 0 Å².